The zero-order chi connectivity index (χ0) is 30.9. The number of nitrogens with one attached hydrogen (secondary N) is 1. The molecule has 1 N–H and O–H groups in total. The Labute approximate surface area is 265 Å². The van der Waals surface area contributed by atoms with Gasteiger partial charge in [-0.15, -0.1) is 0 Å². The van der Waals surface area contributed by atoms with E-state index in [0.717, 1.165) is 42.4 Å². The maximum absolute atomic E-state index is 14.0. The Morgan fingerprint density at radius 3 is 2.25 bits per heavy atom. The number of benzene rings is 3. The summed E-state index contributed by atoms with van der Waals surface area (Å²) in [5.74, 6) is -0.384. The lowest BCUT2D eigenvalue weighted by Crippen LogP contribution is -2.51. The van der Waals surface area contributed by atoms with E-state index >= 15 is 0 Å². The van der Waals surface area contributed by atoms with Gasteiger partial charge in [-0.2, -0.15) is 4.31 Å². The van der Waals surface area contributed by atoms with Crippen molar-refractivity contribution in [2.75, 3.05) is 26.2 Å². The molecule has 5 rings (SSSR count). The van der Waals surface area contributed by atoms with E-state index in [1.54, 1.807) is 41.3 Å². The van der Waals surface area contributed by atoms with Crippen LogP contribution in [-0.2, 0) is 43.7 Å². The van der Waals surface area contributed by atoms with Crippen LogP contribution in [0.1, 0.15) is 48.8 Å². The van der Waals surface area contributed by atoms with Crippen LogP contribution in [0.2, 0.25) is 5.02 Å². The molecule has 0 radical (unpaired) electrons. The molecule has 2 saturated heterocycles. The van der Waals surface area contributed by atoms with Gasteiger partial charge in [0.15, 0.2) is 0 Å². The van der Waals surface area contributed by atoms with Gasteiger partial charge in [0.05, 0.1) is 11.0 Å². The van der Waals surface area contributed by atoms with Crippen LogP contribution in [0.5, 0.6) is 0 Å². The highest BCUT2D eigenvalue weighted by Crippen LogP contribution is 2.23. The van der Waals surface area contributed by atoms with Gasteiger partial charge in [0, 0.05) is 50.7 Å². The minimum atomic E-state index is -3.50. The maximum atomic E-state index is 14.0. The molecule has 0 bridgehead atoms. The summed E-state index contributed by atoms with van der Waals surface area (Å²) in [6.07, 6.45) is 4.55. The Kier molecular flexibility index (Phi) is 11.1. The van der Waals surface area contributed by atoms with Crippen molar-refractivity contribution in [3.63, 3.8) is 0 Å². The summed E-state index contributed by atoms with van der Waals surface area (Å²) < 4.78 is 33.1. The molecule has 44 heavy (non-hydrogen) atoms. The quantitative estimate of drug-likeness (QED) is 0.285. The Hall–Kier alpha value is -3.24. The molecule has 3 aromatic carbocycles. The second-order valence-electron chi connectivity index (χ2n) is 11.5. The molecule has 2 aliphatic rings. The van der Waals surface area contributed by atoms with Gasteiger partial charge in [0.2, 0.25) is 21.8 Å². The largest absolute Gasteiger partial charge is 0.376 e. The first-order valence-corrected chi connectivity index (χ1v) is 17.2. The summed E-state index contributed by atoms with van der Waals surface area (Å²) in [7, 11) is -3.50. The van der Waals surface area contributed by atoms with Crippen LogP contribution >= 0.6 is 11.6 Å². The SMILES string of the molecule is O=C(NC[C@H]1CCCO1)[C@@H](Cc1ccccc1)N(Cc1ccc(Cl)cc1)C(=O)CCc1ccc(S(=O)(=O)N2CCCC2)cc1. The summed E-state index contributed by atoms with van der Waals surface area (Å²) in [6, 6.07) is 23.0. The van der Waals surface area contributed by atoms with E-state index in [2.05, 4.69) is 5.32 Å². The molecule has 0 spiro atoms. The molecule has 2 heterocycles. The number of halogens is 1. The van der Waals surface area contributed by atoms with Gasteiger partial charge in [0.25, 0.3) is 0 Å². The lowest BCUT2D eigenvalue weighted by molar-refractivity contribution is -0.141. The van der Waals surface area contributed by atoms with Crippen molar-refractivity contribution in [2.45, 2.75) is 68.5 Å². The first-order chi connectivity index (χ1) is 21.3. The molecule has 3 aromatic rings. The van der Waals surface area contributed by atoms with Gasteiger partial charge in [-0.05, 0) is 73.1 Å². The smallest absolute Gasteiger partial charge is 0.243 e. The van der Waals surface area contributed by atoms with Gasteiger partial charge < -0.3 is 15.0 Å². The molecule has 0 saturated carbocycles. The molecule has 2 fully saturated rings. The van der Waals surface area contributed by atoms with Crippen LogP contribution in [0.25, 0.3) is 0 Å². The fraction of sp³-hybridized carbons (Fsp3) is 0.412. The number of aryl methyl sites for hydroxylation is 1. The summed E-state index contributed by atoms with van der Waals surface area (Å²) in [6.45, 7) is 2.44. The lowest BCUT2D eigenvalue weighted by atomic mass is 10.0. The zero-order valence-electron chi connectivity index (χ0n) is 24.9. The monoisotopic (exact) mass is 637 g/mol. The average Bonchev–Trinajstić information content (AvgIpc) is 3.78. The molecule has 2 aliphatic heterocycles. The van der Waals surface area contributed by atoms with Crippen LogP contribution in [0, 0.1) is 0 Å². The van der Waals surface area contributed by atoms with E-state index in [1.807, 2.05) is 42.5 Å². The van der Waals surface area contributed by atoms with E-state index < -0.39 is 16.1 Å². The average molecular weight is 638 g/mol. The predicted molar refractivity (Wildman–Crippen MR) is 171 cm³/mol. The van der Waals surface area contributed by atoms with E-state index in [1.165, 1.54) is 4.31 Å². The molecular weight excluding hydrogens is 598 g/mol. The van der Waals surface area contributed by atoms with Crippen molar-refractivity contribution in [1.29, 1.82) is 0 Å². The molecular formula is C34H40ClN3O5S. The molecule has 10 heteroatoms. The zero-order valence-corrected chi connectivity index (χ0v) is 26.4. The van der Waals surface area contributed by atoms with E-state index in [0.29, 0.717) is 44.1 Å². The summed E-state index contributed by atoms with van der Waals surface area (Å²) in [5, 5.41) is 3.65. The summed E-state index contributed by atoms with van der Waals surface area (Å²) in [4.78, 5) is 29.7. The number of hydrogen-bond acceptors (Lipinski definition) is 5. The Morgan fingerprint density at radius 1 is 0.909 bits per heavy atom. The van der Waals surface area contributed by atoms with Crippen LogP contribution in [0.3, 0.4) is 0 Å². The maximum Gasteiger partial charge on any atom is 0.243 e. The number of ether oxygens (including phenoxy) is 1. The van der Waals surface area contributed by atoms with E-state index in [4.69, 9.17) is 16.3 Å². The highest BCUT2D eigenvalue weighted by molar-refractivity contribution is 7.89. The van der Waals surface area contributed by atoms with Crippen molar-refractivity contribution in [3.05, 3.63) is 101 Å². The van der Waals surface area contributed by atoms with Crippen molar-refractivity contribution < 1.29 is 22.7 Å². The third-order valence-electron chi connectivity index (χ3n) is 8.32. The minimum absolute atomic E-state index is 0.0194. The number of sulfonamides is 1. The van der Waals surface area contributed by atoms with Crippen molar-refractivity contribution in [2.24, 2.45) is 0 Å². The number of carbonyl (C=O) groups is 2. The van der Waals surface area contributed by atoms with Crippen LogP contribution in [0.15, 0.2) is 83.8 Å². The van der Waals surface area contributed by atoms with Crippen molar-refractivity contribution in [3.8, 4) is 0 Å². The second-order valence-corrected chi connectivity index (χ2v) is 13.9. The molecule has 8 nitrogen and oxygen atoms in total. The van der Waals surface area contributed by atoms with Gasteiger partial charge in [-0.25, -0.2) is 8.42 Å². The van der Waals surface area contributed by atoms with Crippen molar-refractivity contribution in [1.82, 2.24) is 14.5 Å². The third-order valence-corrected chi connectivity index (χ3v) is 10.5. The number of rotatable bonds is 13. The van der Waals surface area contributed by atoms with Crippen molar-refractivity contribution >= 4 is 33.4 Å². The minimum Gasteiger partial charge on any atom is -0.376 e. The van der Waals surface area contributed by atoms with Gasteiger partial charge in [-0.3, -0.25) is 9.59 Å². The van der Waals surface area contributed by atoms with Gasteiger partial charge >= 0.3 is 0 Å². The molecule has 234 valence electrons. The number of hydrogen-bond donors (Lipinski definition) is 1. The second kappa shape index (κ2) is 15.2. The predicted octanol–water partition coefficient (Wildman–Crippen LogP) is 4.99. The molecule has 2 atom stereocenters. The van der Waals surface area contributed by atoms with Gasteiger partial charge in [-0.1, -0.05) is 66.2 Å². The number of nitrogens with zero attached hydrogens (tertiary/aromatic N) is 2. The van der Waals surface area contributed by atoms with E-state index in [9.17, 15) is 18.0 Å². The molecule has 0 aromatic heterocycles. The first-order valence-electron chi connectivity index (χ1n) is 15.4. The highest BCUT2D eigenvalue weighted by atomic mass is 35.5. The Balaban J connectivity index is 1.34. The Bertz CT molecular complexity index is 1490. The molecule has 0 unspecified atom stereocenters. The molecule has 2 amide bonds. The third kappa shape index (κ3) is 8.47. The summed E-state index contributed by atoms with van der Waals surface area (Å²) >= 11 is 6.13. The lowest BCUT2D eigenvalue weighted by Gasteiger charge is -2.32. The first kappa shape index (κ1) is 32.2. The Morgan fingerprint density at radius 2 is 1.59 bits per heavy atom. The van der Waals surface area contributed by atoms with Crippen LogP contribution < -0.4 is 5.32 Å². The fourth-order valence-electron chi connectivity index (χ4n) is 5.78. The fourth-order valence-corrected chi connectivity index (χ4v) is 7.42. The van der Waals surface area contributed by atoms with Crippen LogP contribution in [0.4, 0.5) is 0 Å². The van der Waals surface area contributed by atoms with E-state index in [-0.39, 0.29) is 35.8 Å². The molecule has 0 aliphatic carbocycles. The topological polar surface area (TPSA) is 96.0 Å². The highest BCUT2D eigenvalue weighted by Gasteiger charge is 2.31. The standard InChI is InChI=1S/C34H40ClN3O5S/c35-29-15-10-28(11-16-29)25-38(32(23-27-7-2-1-3-8-27)34(40)36-24-30-9-6-22-43-30)33(39)19-14-26-12-17-31(18-13-26)44(41,42)37-20-4-5-21-37/h1-3,7-8,10-13,15-18,30,32H,4-6,9,14,19-25H2,(H,36,40)/t30-,32-/m1/s1. The number of amides is 2. The van der Waals surface area contributed by atoms with Gasteiger partial charge in [0.1, 0.15) is 6.04 Å². The summed E-state index contributed by atoms with van der Waals surface area (Å²) in [5.41, 5.74) is 2.67. The normalized spacial score (nSPS) is 17.8. The van der Waals surface area contributed by atoms with Crippen LogP contribution in [-0.4, -0.2) is 67.8 Å². The number of carbonyl (C=O) groups excluding carboxylic acids is 2.